The molecule has 130 valence electrons. The average molecular weight is 386 g/mol. The van der Waals surface area contributed by atoms with E-state index in [0.717, 1.165) is 10.6 Å². The Morgan fingerprint density at radius 2 is 2.17 bits per heavy atom. The molecule has 0 aromatic carbocycles. The van der Waals surface area contributed by atoms with Crippen molar-refractivity contribution in [1.82, 2.24) is 9.29 Å². The highest BCUT2D eigenvalue weighted by Crippen LogP contribution is 2.28. The third-order valence-corrected chi connectivity index (χ3v) is 8.12. The van der Waals surface area contributed by atoms with Gasteiger partial charge >= 0.3 is 0 Å². The number of carbonyl (C=O) groups excluding carboxylic acids is 1. The molecule has 3 heterocycles. The fourth-order valence-electron chi connectivity index (χ4n) is 2.67. The highest BCUT2D eigenvalue weighted by Gasteiger charge is 2.34. The van der Waals surface area contributed by atoms with E-state index in [2.05, 4.69) is 10.3 Å². The van der Waals surface area contributed by atoms with E-state index in [4.69, 9.17) is 0 Å². The summed E-state index contributed by atoms with van der Waals surface area (Å²) in [5, 5.41) is 5.23. The van der Waals surface area contributed by atoms with Gasteiger partial charge in [-0.05, 0) is 38.8 Å². The van der Waals surface area contributed by atoms with Crippen LogP contribution < -0.4 is 5.32 Å². The van der Waals surface area contributed by atoms with Crippen molar-refractivity contribution >= 4 is 43.7 Å². The fraction of sp³-hybridized carbons (Fsp3) is 0.467. The predicted molar refractivity (Wildman–Crippen MR) is 96.0 cm³/mol. The van der Waals surface area contributed by atoms with Gasteiger partial charge in [-0.25, -0.2) is 13.4 Å². The van der Waals surface area contributed by atoms with Crippen molar-refractivity contribution in [3.63, 3.8) is 0 Å². The lowest BCUT2D eigenvalue weighted by Crippen LogP contribution is -2.43. The van der Waals surface area contributed by atoms with Gasteiger partial charge in [-0.1, -0.05) is 0 Å². The summed E-state index contributed by atoms with van der Waals surface area (Å²) in [6.45, 7) is 4.42. The van der Waals surface area contributed by atoms with Crippen LogP contribution in [0.1, 0.15) is 23.4 Å². The Balaban J connectivity index is 1.71. The Hall–Kier alpha value is -1.29. The molecule has 2 aromatic rings. The maximum atomic E-state index is 12.7. The van der Waals surface area contributed by atoms with Gasteiger partial charge in [-0.2, -0.15) is 4.31 Å². The quantitative estimate of drug-likeness (QED) is 0.878. The van der Waals surface area contributed by atoms with Gasteiger partial charge < -0.3 is 5.32 Å². The highest BCUT2D eigenvalue weighted by atomic mass is 32.2. The first-order valence-electron chi connectivity index (χ1n) is 7.66. The predicted octanol–water partition coefficient (Wildman–Crippen LogP) is 2.86. The second-order valence-electron chi connectivity index (χ2n) is 5.85. The van der Waals surface area contributed by atoms with Crippen molar-refractivity contribution in [2.24, 2.45) is 5.92 Å². The zero-order chi connectivity index (χ0) is 17.3. The summed E-state index contributed by atoms with van der Waals surface area (Å²) in [7, 11) is -3.52. The Morgan fingerprint density at radius 3 is 2.79 bits per heavy atom. The molecule has 24 heavy (non-hydrogen) atoms. The molecule has 1 aliphatic rings. The first-order valence-corrected chi connectivity index (χ1v) is 10.8. The topological polar surface area (TPSA) is 79.4 Å². The second kappa shape index (κ2) is 6.91. The summed E-state index contributed by atoms with van der Waals surface area (Å²) >= 11 is 2.64. The second-order valence-corrected chi connectivity index (χ2v) is 10.2. The Bertz CT molecular complexity index is 841. The molecule has 0 spiro atoms. The number of hydrogen-bond acceptors (Lipinski definition) is 6. The molecule has 1 amide bonds. The van der Waals surface area contributed by atoms with E-state index in [9.17, 15) is 13.2 Å². The lowest BCUT2D eigenvalue weighted by molar-refractivity contribution is -0.120. The number of nitrogens with one attached hydrogen (secondary N) is 1. The normalized spacial score (nSPS) is 19.3. The van der Waals surface area contributed by atoms with Gasteiger partial charge in [0.1, 0.15) is 4.21 Å². The molecule has 0 aliphatic carbocycles. The number of hydrogen-bond donors (Lipinski definition) is 1. The van der Waals surface area contributed by atoms with E-state index in [0.29, 0.717) is 28.7 Å². The van der Waals surface area contributed by atoms with Gasteiger partial charge in [-0.3, -0.25) is 4.79 Å². The highest BCUT2D eigenvalue weighted by molar-refractivity contribution is 7.91. The molecule has 1 saturated heterocycles. The van der Waals surface area contributed by atoms with Gasteiger partial charge in [0.05, 0.1) is 11.6 Å². The van der Waals surface area contributed by atoms with Gasteiger partial charge in [0.2, 0.25) is 5.91 Å². The molecule has 0 radical (unpaired) electrons. The molecule has 0 unspecified atom stereocenters. The van der Waals surface area contributed by atoms with Crippen molar-refractivity contribution < 1.29 is 13.2 Å². The number of sulfonamides is 1. The van der Waals surface area contributed by atoms with Crippen LogP contribution in [0.3, 0.4) is 0 Å². The zero-order valence-corrected chi connectivity index (χ0v) is 15.9. The maximum Gasteiger partial charge on any atom is 0.252 e. The van der Waals surface area contributed by atoms with Gasteiger partial charge in [0, 0.05) is 23.3 Å². The van der Waals surface area contributed by atoms with Crippen molar-refractivity contribution in [2.45, 2.75) is 30.9 Å². The molecule has 1 atom stereocenters. The maximum absolute atomic E-state index is 12.7. The van der Waals surface area contributed by atoms with Crippen LogP contribution in [-0.4, -0.2) is 36.7 Å². The van der Waals surface area contributed by atoms with Gasteiger partial charge in [0.25, 0.3) is 10.0 Å². The van der Waals surface area contributed by atoms with Crippen LogP contribution in [0, 0.1) is 19.8 Å². The largest absolute Gasteiger partial charge is 0.302 e. The molecule has 1 aliphatic heterocycles. The summed E-state index contributed by atoms with van der Waals surface area (Å²) in [4.78, 5) is 17.6. The molecule has 6 nitrogen and oxygen atoms in total. The first-order chi connectivity index (χ1) is 11.4. The fourth-order valence-corrected chi connectivity index (χ4v) is 6.32. The molecule has 2 aromatic heterocycles. The van der Waals surface area contributed by atoms with E-state index in [1.807, 2.05) is 19.2 Å². The first kappa shape index (κ1) is 17.5. The summed E-state index contributed by atoms with van der Waals surface area (Å²) in [5.41, 5.74) is 0.858. The minimum absolute atomic E-state index is 0.161. The molecule has 1 fully saturated rings. The number of aryl methyl sites for hydroxylation is 2. The number of anilines is 1. The van der Waals surface area contributed by atoms with Crippen LogP contribution in [-0.2, 0) is 14.8 Å². The molecule has 0 saturated carbocycles. The lowest BCUT2D eigenvalue weighted by atomic mass is 9.99. The monoisotopic (exact) mass is 385 g/mol. The van der Waals surface area contributed by atoms with Gasteiger partial charge in [-0.15, -0.1) is 22.7 Å². The summed E-state index contributed by atoms with van der Waals surface area (Å²) in [5.74, 6) is -0.509. The van der Waals surface area contributed by atoms with Gasteiger partial charge in [0.15, 0.2) is 5.13 Å². The van der Waals surface area contributed by atoms with Crippen molar-refractivity contribution in [3.05, 3.63) is 28.1 Å². The zero-order valence-electron chi connectivity index (χ0n) is 13.5. The number of thiophene rings is 1. The molecule has 9 heteroatoms. The van der Waals surface area contributed by atoms with Crippen LogP contribution in [0.2, 0.25) is 0 Å². The molecular weight excluding hydrogens is 366 g/mol. The van der Waals surface area contributed by atoms with Crippen LogP contribution in [0.15, 0.2) is 21.7 Å². The molecule has 1 N–H and O–H groups in total. The Labute approximate surface area is 149 Å². The smallest absolute Gasteiger partial charge is 0.252 e. The summed E-state index contributed by atoms with van der Waals surface area (Å²) < 4.78 is 27.2. The third kappa shape index (κ3) is 3.69. The minimum Gasteiger partial charge on any atom is -0.302 e. The Kier molecular flexibility index (Phi) is 5.05. The number of carbonyl (C=O) groups is 1. The van der Waals surface area contributed by atoms with Crippen LogP contribution in [0.5, 0.6) is 0 Å². The van der Waals surface area contributed by atoms with E-state index in [1.54, 1.807) is 12.1 Å². The van der Waals surface area contributed by atoms with Crippen LogP contribution in [0.4, 0.5) is 5.13 Å². The van der Waals surface area contributed by atoms with E-state index < -0.39 is 10.0 Å². The third-order valence-electron chi connectivity index (χ3n) is 3.91. The van der Waals surface area contributed by atoms with Crippen molar-refractivity contribution in [3.8, 4) is 0 Å². The summed E-state index contributed by atoms with van der Waals surface area (Å²) in [6, 6.07) is 3.44. The molecule has 3 rings (SSSR count). The average Bonchev–Trinajstić information content (AvgIpc) is 3.16. The number of nitrogens with zero attached hydrogens (tertiary/aromatic N) is 2. The number of thiazole rings is 1. The summed E-state index contributed by atoms with van der Waals surface area (Å²) in [6.07, 6.45) is 1.37. The number of amides is 1. The lowest BCUT2D eigenvalue weighted by Gasteiger charge is -2.30. The minimum atomic E-state index is -3.52. The van der Waals surface area contributed by atoms with Crippen LogP contribution >= 0.6 is 22.7 Å². The molecule has 0 bridgehead atoms. The van der Waals surface area contributed by atoms with Crippen molar-refractivity contribution in [2.75, 3.05) is 18.4 Å². The number of piperidine rings is 1. The van der Waals surface area contributed by atoms with Crippen LogP contribution in [0.25, 0.3) is 0 Å². The van der Waals surface area contributed by atoms with E-state index >= 15 is 0 Å². The van der Waals surface area contributed by atoms with Crippen molar-refractivity contribution in [1.29, 1.82) is 0 Å². The molecular formula is C15H19N3O3S3. The number of rotatable bonds is 4. The van der Waals surface area contributed by atoms with E-state index in [1.165, 1.54) is 27.0 Å². The standard InChI is InChI=1S/C15H19N3O3S3/c1-10-9-22-15(16-10)17-14(19)12-4-3-7-18(8-12)24(20,21)13-6-5-11(2)23-13/h5-6,9,12H,3-4,7-8H2,1-2H3,(H,16,17,19)/t12-/m0/s1. The number of aromatic nitrogens is 1. The van der Waals surface area contributed by atoms with E-state index in [-0.39, 0.29) is 18.4 Å². The SMILES string of the molecule is Cc1csc(NC(=O)[C@H]2CCCN(S(=O)(=O)c3ccc(C)s3)C2)n1. The Morgan fingerprint density at radius 1 is 1.38 bits per heavy atom.